The standard InChI is InChI=1S/C10H13NO2/c12-10(13)9-6-11-5-8(9)7-3-1-2-4-7/h5-7,11H,1-4H2,(H,12,13). The summed E-state index contributed by atoms with van der Waals surface area (Å²) in [5, 5.41) is 8.89. The number of carbonyl (C=O) groups is 1. The molecule has 70 valence electrons. The minimum absolute atomic E-state index is 0.451. The summed E-state index contributed by atoms with van der Waals surface area (Å²) in [5.74, 6) is -0.347. The molecule has 3 heteroatoms. The van der Waals surface area contributed by atoms with Crippen LogP contribution in [0.2, 0.25) is 0 Å². The molecule has 3 nitrogen and oxygen atoms in total. The maximum atomic E-state index is 10.8. The molecule has 1 aromatic rings. The van der Waals surface area contributed by atoms with Crippen molar-refractivity contribution in [3.8, 4) is 0 Å². The van der Waals surface area contributed by atoms with Crippen LogP contribution in [-0.4, -0.2) is 16.1 Å². The Morgan fingerprint density at radius 1 is 1.38 bits per heavy atom. The largest absolute Gasteiger partial charge is 0.478 e. The van der Waals surface area contributed by atoms with Crippen molar-refractivity contribution in [2.24, 2.45) is 0 Å². The maximum Gasteiger partial charge on any atom is 0.337 e. The van der Waals surface area contributed by atoms with E-state index in [1.54, 1.807) is 6.20 Å². The highest BCUT2D eigenvalue weighted by molar-refractivity contribution is 5.89. The molecule has 1 aliphatic carbocycles. The second-order valence-corrected chi connectivity index (χ2v) is 3.61. The van der Waals surface area contributed by atoms with Gasteiger partial charge in [-0.15, -0.1) is 0 Å². The van der Waals surface area contributed by atoms with Crippen LogP contribution in [0, 0.1) is 0 Å². The van der Waals surface area contributed by atoms with Gasteiger partial charge >= 0.3 is 5.97 Å². The minimum Gasteiger partial charge on any atom is -0.478 e. The fraction of sp³-hybridized carbons (Fsp3) is 0.500. The number of carboxylic acid groups (broad SMARTS) is 1. The fourth-order valence-electron chi connectivity index (χ4n) is 2.14. The van der Waals surface area contributed by atoms with E-state index >= 15 is 0 Å². The van der Waals surface area contributed by atoms with Crippen molar-refractivity contribution in [3.05, 3.63) is 23.5 Å². The molecule has 0 radical (unpaired) electrons. The highest BCUT2D eigenvalue weighted by atomic mass is 16.4. The number of hydrogen-bond donors (Lipinski definition) is 2. The Morgan fingerprint density at radius 2 is 2.08 bits per heavy atom. The molecule has 0 atom stereocenters. The van der Waals surface area contributed by atoms with Crippen molar-refractivity contribution in [2.75, 3.05) is 0 Å². The first-order valence-electron chi connectivity index (χ1n) is 4.69. The van der Waals surface area contributed by atoms with Crippen LogP contribution < -0.4 is 0 Å². The van der Waals surface area contributed by atoms with Crippen molar-refractivity contribution in [1.29, 1.82) is 0 Å². The number of hydrogen-bond acceptors (Lipinski definition) is 1. The molecular weight excluding hydrogens is 166 g/mol. The van der Waals surface area contributed by atoms with E-state index in [4.69, 9.17) is 5.11 Å². The molecule has 1 fully saturated rings. The normalized spacial score (nSPS) is 17.8. The molecule has 0 spiro atoms. The first-order chi connectivity index (χ1) is 6.29. The Kier molecular flexibility index (Phi) is 2.08. The average molecular weight is 179 g/mol. The van der Waals surface area contributed by atoms with Crippen molar-refractivity contribution >= 4 is 5.97 Å². The van der Waals surface area contributed by atoms with Crippen LogP contribution in [0.4, 0.5) is 0 Å². The number of rotatable bonds is 2. The quantitative estimate of drug-likeness (QED) is 0.732. The predicted octanol–water partition coefficient (Wildman–Crippen LogP) is 2.37. The molecule has 0 bridgehead atoms. The van der Waals surface area contributed by atoms with Gasteiger partial charge in [-0.1, -0.05) is 12.8 Å². The molecule has 2 rings (SSSR count). The molecule has 1 heterocycles. The van der Waals surface area contributed by atoms with E-state index in [1.165, 1.54) is 12.8 Å². The maximum absolute atomic E-state index is 10.8. The van der Waals surface area contributed by atoms with Gasteiger partial charge in [0.2, 0.25) is 0 Å². The zero-order valence-electron chi connectivity index (χ0n) is 7.42. The van der Waals surface area contributed by atoms with Gasteiger partial charge in [0.1, 0.15) is 0 Å². The first-order valence-corrected chi connectivity index (χ1v) is 4.69. The Morgan fingerprint density at radius 3 is 2.69 bits per heavy atom. The minimum atomic E-state index is -0.817. The van der Waals surface area contributed by atoms with Crippen LogP contribution in [0.3, 0.4) is 0 Å². The zero-order valence-corrected chi connectivity index (χ0v) is 7.42. The van der Waals surface area contributed by atoms with Crippen LogP contribution in [-0.2, 0) is 0 Å². The molecule has 1 saturated carbocycles. The topological polar surface area (TPSA) is 53.1 Å². The van der Waals surface area contributed by atoms with Crippen molar-refractivity contribution < 1.29 is 9.90 Å². The van der Waals surface area contributed by atoms with E-state index < -0.39 is 5.97 Å². The van der Waals surface area contributed by atoms with Crippen LogP contribution >= 0.6 is 0 Å². The van der Waals surface area contributed by atoms with Gasteiger partial charge in [0.05, 0.1) is 5.56 Å². The molecule has 2 N–H and O–H groups in total. The third-order valence-electron chi connectivity index (χ3n) is 2.80. The SMILES string of the molecule is O=C(O)c1c[nH]cc1C1CCCC1. The summed E-state index contributed by atoms with van der Waals surface area (Å²) in [6, 6.07) is 0. The van der Waals surface area contributed by atoms with Gasteiger partial charge in [0, 0.05) is 12.4 Å². The van der Waals surface area contributed by atoms with E-state index in [2.05, 4.69) is 4.98 Å². The summed E-state index contributed by atoms with van der Waals surface area (Å²) >= 11 is 0. The summed E-state index contributed by atoms with van der Waals surface area (Å²) in [4.78, 5) is 13.7. The summed E-state index contributed by atoms with van der Waals surface area (Å²) in [6.45, 7) is 0. The Balaban J connectivity index is 2.28. The third-order valence-corrected chi connectivity index (χ3v) is 2.80. The van der Waals surface area contributed by atoms with Gasteiger partial charge in [-0.3, -0.25) is 0 Å². The van der Waals surface area contributed by atoms with Crippen molar-refractivity contribution in [1.82, 2.24) is 4.98 Å². The Hall–Kier alpha value is -1.25. The van der Waals surface area contributed by atoms with E-state index in [0.29, 0.717) is 11.5 Å². The smallest absolute Gasteiger partial charge is 0.337 e. The van der Waals surface area contributed by atoms with Gasteiger partial charge in [-0.05, 0) is 24.3 Å². The van der Waals surface area contributed by atoms with E-state index in [9.17, 15) is 4.79 Å². The second kappa shape index (κ2) is 3.24. The predicted molar refractivity (Wildman–Crippen MR) is 49.0 cm³/mol. The lowest BCUT2D eigenvalue weighted by atomic mass is 9.97. The number of carboxylic acids is 1. The number of aromatic carboxylic acids is 1. The van der Waals surface area contributed by atoms with E-state index in [1.807, 2.05) is 6.20 Å². The molecule has 0 unspecified atom stereocenters. The Labute approximate surface area is 76.8 Å². The number of nitrogens with one attached hydrogen (secondary N) is 1. The zero-order chi connectivity index (χ0) is 9.26. The van der Waals surface area contributed by atoms with Crippen LogP contribution in [0.5, 0.6) is 0 Å². The first kappa shape index (κ1) is 8.35. The van der Waals surface area contributed by atoms with Crippen LogP contribution in [0.15, 0.2) is 12.4 Å². The van der Waals surface area contributed by atoms with Gasteiger partial charge in [-0.2, -0.15) is 0 Å². The average Bonchev–Trinajstić information content (AvgIpc) is 2.74. The lowest BCUT2D eigenvalue weighted by molar-refractivity contribution is 0.0695. The highest BCUT2D eigenvalue weighted by Gasteiger charge is 2.22. The van der Waals surface area contributed by atoms with Gasteiger partial charge in [0.15, 0.2) is 0 Å². The van der Waals surface area contributed by atoms with Crippen LogP contribution in [0.1, 0.15) is 47.5 Å². The lowest BCUT2D eigenvalue weighted by Gasteiger charge is -2.07. The number of H-pyrrole nitrogens is 1. The molecule has 13 heavy (non-hydrogen) atoms. The van der Waals surface area contributed by atoms with Crippen molar-refractivity contribution in [2.45, 2.75) is 31.6 Å². The monoisotopic (exact) mass is 179 g/mol. The summed E-state index contributed by atoms with van der Waals surface area (Å²) < 4.78 is 0. The number of aromatic nitrogens is 1. The van der Waals surface area contributed by atoms with Gasteiger partial charge in [0.25, 0.3) is 0 Å². The molecule has 1 aliphatic rings. The third kappa shape index (κ3) is 1.46. The van der Waals surface area contributed by atoms with Crippen LogP contribution in [0.25, 0.3) is 0 Å². The number of aromatic amines is 1. The fourth-order valence-corrected chi connectivity index (χ4v) is 2.14. The summed E-state index contributed by atoms with van der Waals surface area (Å²) in [7, 11) is 0. The lowest BCUT2D eigenvalue weighted by Crippen LogP contribution is -2.01. The second-order valence-electron chi connectivity index (χ2n) is 3.61. The van der Waals surface area contributed by atoms with Gasteiger partial charge in [-0.25, -0.2) is 4.79 Å². The molecule has 0 amide bonds. The van der Waals surface area contributed by atoms with E-state index in [0.717, 1.165) is 18.4 Å². The molecule has 0 saturated heterocycles. The molecule has 0 aromatic carbocycles. The van der Waals surface area contributed by atoms with Crippen molar-refractivity contribution in [3.63, 3.8) is 0 Å². The highest BCUT2D eigenvalue weighted by Crippen LogP contribution is 2.35. The van der Waals surface area contributed by atoms with Gasteiger partial charge < -0.3 is 10.1 Å². The summed E-state index contributed by atoms with van der Waals surface area (Å²) in [6.07, 6.45) is 8.15. The molecule has 0 aliphatic heterocycles. The summed E-state index contributed by atoms with van der Waals surface area (Å²) in [5.41, 5.74) is 1.44. The Bertz CT molecular complexity index is 310. The molecule has 1 aromatic heterocycles. The van der Waals surface area contributed by atoms with E-state index in [-0.39, 0.29) is 0 Å². The molecular formula is C10H13NO2.